The quantitative estimate of drug-likeness (QED) is 0.797. The Labute approximate surface area is 83.0 Å². The maximum atomic E-state index is 8.74. The van der Waals surface area contributed by atoms with Crippen molar-refractivity contribution in [3.05, 3.63) is 35.9 Å². The topological polar surface area (TPSA) is 37.5 Å². The average Bonchev–Trinajstić information content (AvgIpc) is 2.57. The minimum atomic E-state index is 0.223. The maximum absolute atomic E-state index is 8.74. The molecule has 1 N–H and O–H groups in total. The van der Waals surface area contributed by atoms with Gasteiger partial charge in [-0.2, -0.15) is 0 Å². The Morgan fingerprint density at radius 2 is 2.36 bits per heavy atom. The number of hydrogen-bond acceptors (Lipinski definition) is 2. The molecule has 0 saturated heterocycles. The molecule has 0 aromatic carbocycles. The molecule has 0 fully saturated rings. The smallest absolute Gasteiger partial charge is 0.113 e. The van der Waals surface area contributed by atoms with E-state index in [4.69, 9.17) is 5.11 Å². The van der Waals surface area contributed by atoms with Gasteiger partial charge in [-0.25, -0.2) is 4.98 Å². The molecule has 0 aliphatic carbocycles. The molecule has 14 heavy (non-hydrogen) atoms. The number of pyridine rings is 1. The first kappa shape index (κ1) is 9.21. The van der Waals surface area contributed by atoms with E-state index in [0.717, 1.165) is 24.2 Å². The van der Waals surface area contributed by atoms with Crippen LogP contribution in [0.25, 0.3) is 5.52 Å². The van der Waals surface area contributed by atoms with E-state index in [9.17, 15) is 0 Å². The van der Waals surface area contributed by atoms with Gasteiger partial charge < -0.3 is 9.51 Å². The van der Waals surface area contributed by atoms with Gasteiger partial charge in [-0.15, -0.1) is 0 Å². The Balaban J connectivity index is 2.37. The molecule has 0 spiro atoms. The van der Waals surface area contributed by atoms with Crippen molar-refractivity contribution in [2.24, 2.45) is 0 Å². The van der Waals surface area contributed by atoms with Crippen molar-refractivity contribution in [1.82, 2.24) is 9.38 Å². The van der Waals surface area contributed by atoms with Crippen molar-refractivity contribution in [2.45, 2.75) is 19.8 Å². The van der Waals surface area contributed by atoms with Crippen LogP contribution in [-0.4, -0.2) is 21.1 Å². The first-order valence-electron chi connectivity index (χ1n) is 4.85. The van der Waals surface area contributed by atoms with Crippen LogP contribution in [0.1, 0.15) is 17.8 Å². The van der Waals surface area contributed by atoms with Crippen LogP contribution >= 0.6 is 0 Å². The number of fused-ring (bicyclic) bond motifs is 1. The molecule has 0 radical (unpaired) electrons. The van der Waals surface area contributed by atoms with Gasteiger partial charge in [0.2, 0.25) is 0 Å². The molecule has 0 atom stereocenters. The molecule has 2 rings (SSSR count). The summed E-state index contributed by atoms with van der Waals surface area (Å²) in [5.74, 6) is 1.02. The number of hydrogen-bond donors (Lipinski definition) is 1. The fourth-order valence-electron chi connectivity index (χ4n) is 1.59. The van der Waals surface area contributed by atoms with Crippen molar-refractivity contribution in [3.63, 3.8) is 0 Å². The highest BCUT2D eigenvalue weighted by molar-refractivity contribution is 5.48. The highest BCUT2D eigenvalue weighted by Gasteiger charge is 2.02. The largest absolute Gasteiger partial charge is 0.396 e. The molecule has 3 heteroatoms. The number of aryl methyl sites for hydroxylation is 2. The molecule has 2 aromatic rings. The van der Waals surface area contributed by atoms with Gasteiger partial charge in [0.15, 0.2) is 0 Å². The Bertz CT molecular complexity index is 434. The molecular formula is C11H14N2O. The van der Waals surface area contributed by atoms with E-state index >= 15 is 0 Å². The summed E-state index contributed by atoms with van der Waals surface area (Å²) < 4.78 is 2.07. The van der Waals surface area contributed by atoms with Crippen LogP contribution in [0, 0.1) is 6.92 Å². The summed E-state index contributed by atoms with van der Waals surface area (Å²) in [7, 11) is 0. The molecule has 2 aromatic heterocycles. The minimum Gasteiger partial charge on any atom is -0.396 e. The molecule has 0 saturated carbocycles. The van der Waals surface area contributed by atoms with Crippen molar-refractivity contribution in [1.29, 1.82) is 0 Å². The lowest BCUT2D eigenvalue weighted by Crippen LogP contribution is -1.96. The van der Waals surface area contributed by atoms with Gasteiger partial charge in [-0.05, 0) is 31.0 Å². The Morgan fingerprint density at radius 3 is 3.14 bits per heavy atom. The van der Waals surface area contributed by atoms with Crippen molar-refractivity contribution in [3.8, 4) is 0 Å². The van der Waals surface area contributed by atoms with Crippen LogP contribution in [0.4, 0.5) is 0 Å². The zero-order valence-corrected chi connectivity index (χ0v) is 8.27. The summed E-state index contributed by atoms with van der Waals surface area (Å²) in [6, 6.07) is 4.17. The first-order chi connectivity index (χ1) is 6.81. The summed E-state index contributed by atoms with van der Waals surface area (Å²) >= 11 is 0. The second kappa shape index (κ2) is 3.80. The summed E-state index contributed by atoms with van der Waals surface area (Å²) in [5.41, 5.74) is 2.36. The lowest BCUT2D eigenvalue weighted by atomic mass is 10.3. The third kappa shape index (κ3) is 1.63. The molecule has 0 bridgehead atoms. The SMILES string of the molecule is Cc1ccn2c(CCCO)ncc2c1. The van der Waals surface area contributed by atoms with Crippen LogP contribution in [0.5, 0.6) is 0 Å². The van der Waals surface area contributed by atoms with E-state index in [-0.39, 0.29) is 6.61 Å². The third-order valence-corrected chi connectivity index (χ3v) is 2.32. The number of nitrogens with zero attached hydrogens (tertiary/aromatic N) is 2. The summed E-state index contributed by atoms with van der Waals surface area (Å²) in [6.45, 7) is 2.29. The van der Waals surface area contributed by atoms with Gasteiger partial charge in [0.25, 0.3) is 0 Å². The maximum Gasteiger partial charge on any atom is 0.113 e. The number of aromatic nitrogens is 2. The molecule has 2 heterocycles. The van der Waals surface area contributed by atoms with Gasteiger partial charge in [-0.1, -0.05) is 0 Å². The Morgan fingerprint density at radius 1 is 1.50 bits per heavy atom. The van der Waals surface area contributed by atoms with Gasteiger partial charge in [0.05, 0.1) is 11.7 Å². The highest BCUT2D eigenvalue weighted by atomic mass is 16.2. The normalized spacial score (nSPS) is 11.0. The van der Waals surface area contributed by atoms with Crippen LogP contribution in [0.15, 0.2) is 24.5 Å². The zero-order chi connectivity index (χ0) is 9.97. The lowest BCUT2D eigenvalue weighted by Gasteiger charge is -2.00. The number of aliphatic hydroxyl groups excluding tert-OH is 1. The predicted octanol–water partition coefficient (Wildman–Crippen LogP) is 1.57. The predicted molar refractivity (Wildman–Crippen MR) is 55.3 cm³/mol. The van der Waals surface area contributed by atoms with E-state index in [1.165, 1.54) is 5.56 Å². The van der Waals surface area contributed by atoms with E-state index in [0.29, 0.717) is 0 Å². The van der Waals surface area contributed by atoms with E-state index in [1.54, 1.807) is 0 Å². The van der Waals surface area contributed by atoms with Gasteiger partial charge >= 0.3 is 0 Å². The monoisotopic (exact) mass is 190 g/mol. The molecule has 3 nitrogen and oxygen atoms in total. The van der Waals surface area contributed by atoms with E-state index in [2.05, 4.69) is 28.4 Å². The standard InChI is InChI=1S/C11H14N2O/c1-9-4-5-13-10(7-9)8-12-11(13)3-2-6-14/h4-5,7-8,14H,2-3,6H2,1H3. The van der Waals surface area contributed by atoms with Crippen LogP contribution in [0.2, 0.25) is 0 Å². The van der Waals surface area contributed by atoms with Crippen molar-refractivity contribution >= 4 is 5.52 Å². The van der Waals surface area contributed by atoms with Crippen LogP contribution in [-0.2, 0) is 6.42 Å². The molecule has 74 valence electrons. The van der Waals surface area contributed by atoms with E-state index in [1.807, 2.05) is 12.4 Å². The highest BCUT2D eigenvalue weighted by Crippen LogP contribution is 2.10. The molecule has 0 amide bonds. The van der Waals surface area contributed by atoms with Crippen LogP contribution in [0.3, 0.4) is 0 Å². The lowest BCUT2D eigenvalue weighted by molar-refractivity contribution is 0.287. The van der Waals surface area contributed by atoms with Crippen molar-refractivity contribution in [2.75, 3.05) is 6.61 Å². The van der Waals surface area contributed by atoms with Crippen molar-refractivity contribution < 1.29 is 5.11 Å². The molecule has 0 unspecified atom stereocenters. The molecule has 0 aliphatic rings. The fourth-order valence-corrected chi connectivity index (χ4v) is 1.59. The number of imidazole rings is 1. The summed E-state index contributed by atoms with van der Waals surface area (Å²) in [4.78, 5) is 4.33. The average molecular weight is 190 g/mol. The summed E-state index contributed by atoms with van der Waals surface area (Å²) in [6.07, 6.45) is 5.50. The second-order valence-corrected chi connectivity index (χ2v) is 3.50. The Kier molecular flexibility index (Phi) is 2.50. The van der Waals surface area contributed by atoms with Gasteiger partial charge in [-0.3, -0.25) is 0 Å². The third-order valence-electron chi connectivity index (χ3n) is 2.32. The first-order valence-corrected chi connectivity index (χ1v) is 4.85. The van der Waals surface area contributed by atoms with Gasteiger partial charge in [0.1, 0.15) is 5.82 Å². The van der Waals surface area contributed by atoms with E-state index < -0.39 is 0 Å². The minimum absolute atomic E-state index is 0.223. The molecule has 0 aliphatic heterocycles. The number of aliphatic hydroxyl groups is 1. The summed E-state index contributed by atoms with van der Waals surface area (Å²) in [5, 5.41) is 8.74. The number of rotatable bonds is 3. The molecular weight excluding hydrogens is 176 g/mol. The van der Waals surface area contributed by atoms with Gasteiger partial charge in [0, 0.05) is 19.2 Å². The van der Waals surface area contributed by atoms with Crippen LogP contribution < -0.4 is 0 Å². The zero-order valence-electron chi connectivity index (χ0n) is 8.27. The second-order valence-electron chi connectivity index (χ2n) is 3.50. The fraction of sp³-hybridized carbons (Fsp3) is 0.364. The Hall–Kier alpha value is -1.35.